The lowest BCUT2D eigenvalue weighted by molar-refractivity contribution is -0.384. The maximum absolute atomic E-state index is 12.7. The summed E-state index contributed by atoms with van der Waals surface area (Å²) >= 11 is 0. The van der Waals surface area contributed by atoms with Crippen molar-refractivity contribution in [3.05, 3.63) is 58.1 Å². The number of methoxy groups -OCH3 is 1. The van der Waals surface area contributed by atoms with E-state index in [0.717, 1.165) is 12.1 Å². The highest BCUT2D eigenvalue weighted by Gasteiger charge is 2.33. The third-order valence-corrected chi connectivity index (χ3v) is 3.50. The van der Waals surface area contributed by atoms with Gasteiger partial charge in [-0.3, -0.25) is 10.1 Å². The lowest BCUT2D eigenvalue weighted by atomic mass is 10.1. The van der Waals surface area contributed by atoms with Crippen molar-refractivity contribution >= 4 is 23.0 Å². The summed E-state index contributed by atoms with van der Waals surface area (Å²) in [5, 5.41) is 13.8. The van der Waals surface area contributed by atoms with E-state index in [1.165, 1.54) is 38.3 Å². The average molecular weight is 384 g/mol. The molecule has 2 rings (SSSR count). The van der Waals surface area contributed by atoms with Crippen LogP contribution in [-0.4, -0.2) is 24.1 Å². The molecule has 0 aliphatic heterocycles. The van der Waals surface area contributed by atoms with Crippen LogP contribution < -0.4 is 10.1 Å². The van der Waals surface area contributed by atoms with E-state index >= 15 is 0 Å². The van der Waals surface area contributed by atoms with E-state index in [-0.39, 0.29) is 5.69 Å². The summed E-state index contributed by atoms with van der Waals surface area (Å²) < 4.78 is 48.1. The van der Waals surface area contributed by atoms with Gasteiger partial charge in [-0.25, -0.2) is 4.79 Å². The SMILES string of the molecule is COC(=O)C(C)Oc1ccc(Nc2ccc(C(F)(F)F)cc2[N+](=O)[O-])cc1. The summed E-state index contributed by atoms with van der Waals surface area (Å²) in [5.74, 6) is -0.210. The smallest absolute Gasteiger partial charge is 0.416 e. The number of hydrogen-bond acceptors (Lipinski definition) is 6. The topological polar surface area (TPSA) is 90.7 Å². The Labute approximate surface area is 151 Å². The fraction of sp³-hybridized carbons (Fsp3) is 0.235. The predicted octanol–water partition coefficient (Wildman–Crippen LogP) is 4.30. The van der Waals surface area contributed by atoms with Crippen molar-refractivity contribution in [3.8, 4) is 5.75 Å². The molecule has 10 heteroatoms. The van der Waals surface area contributed by atoms with Gasteiger partial charge in [0.1, 0.15) is 11.4 Å². The number of ether oxygens (including phenoxy) is 2. The third-order valence-electron chi connectivity index (χ3n) is 3.50. The number of nitro groups is 1. The molecule has 1 N–H and O–H groups in total. The summed E-state index contributed by atoms with van der Waals surface area (Å²) in [5.41, 5.74) is -1.52. The van der Waals surface area contributed by atoms with Crippen LogP contribution in [0.3, 0.4) is 0 Å². The van der Waals surface area contributed by atoms with Crippen molar-refractivity contribution in [3.63, 3.8) is 0 Å². The monoisotopic (exact) mass is 384 g/mol. The maximum atomic E-state index is 12.7. The summed E-state index contributed by atoms with van der Waals surface area (Å²) in [4.78, 5) is 21.5. The minimum atomic E-state index is -4.68. The normalized spacial score (nSPS) is 12.2. The van der Waals surface area contributed by atoms with Crippen molar-refractivity contribution in [1.29, 1.82) is 0 Å². The highest BCUT2D eigenvalue weighted by atomic mass is 19.4. The van der Waals surface area contributed by atoms with Crippen LogP contribution in [0.5, 0.6) is 5.75 Å². The van der Waals surface area contributed by atoms with E-state index in [0.29, 0.717) is 17.5 Å². The molecule has 0 saturated heterocycles. The van der Waals surface area contributed by atoms with Gasteiger partial charge < -0.3 is 14.8 Å². The van der Waals surface area contributed by atoms with E-state index in [9.17, 15) is 28.1 Å². The second-order valence-electron chi connectivity index (χ2n) is 5.42. The van der Waals surface area contributed by atoms with Gasteiger partial charge in [0.05, 0.1) is 17.6 Å². The second kappa shape index (κ2) is 7.94. The molecule has 0 radical (unpaired) electrons. The number of nitrogens with one attached hydrogen (secondary N) is 1. The number of carbonyl (C=O) groups is 1. The summed E-state index contributed by atoms with van der Waals surface area (Å²) in [7, 11) is 1.23. The van der Waals surface area contributed by atoms with Gasteiger partial charge in [0, 0.05) is 11.8 Å². The molecule has 1 atom stereocenters. The fourth-order valence-corrected chi connectivity index (χ4v) is 2.16. The lowest BCUT2D eigenvalue weighted by Gasteiger charge is -2.13. The number of carbonyl (C=O) groups excluding carboxylic acids is 1. The highest BCUT2D eigenvalue weighted by Crippen LogP contribution is 2.36. The first-order chi connectivity index (χ1) is 12.6. The Morgan fingerprint density at radius 2 is 1.81 bits per heavy atom. The highest BCUT2D eigenvalue weighted by molar-refractivity contribution is 5.74. The van der Waals surface area contributed by atoms with Crippen LogP contribution in [-0.2, 0) is 15.7 Å². The van der Waals surface area contributed by atoms with Crippen molar-refractivity contribution in [2.24, 2.45) is 0 Å². The maximum Gasteiger partial charge on any atom is 0.416 e. The number of alkyl halides is 3. The Hall–Kier alpha value is -3.30. The van der Waals surface area contributed by atoms with Gasteiger partial charge in [0.15, 0.2) is 6.10 Å². The van der Waals surface area contributed by atoms with E-state index in [2.05, 4.69) is 10.1 Å². The molecule has 27 heavy (non-hydrogen) atoms. The molecular formula is C17H15F3N2O5. The van der Waals surface area contributed by atoms with E-state index < -0.39 is 34.4 Å². The molecular weight excluding hydrogens is 369 g/mol. The zero-order chi connectivity index (χ0) is 20.2. The van der Waals surface area contributed by atoms with Crippen LogP contribution in [0.15, 0.2) is 42.5 Å². The predicted molar refractivity (Wildman–Crippen MR) is 89.9 cm³/mol. The van der Waals surface area contributed by atoms with Crippen LogP contribution in [0.4, 0.5) is 30.2 Å². The first-order valence-electron chi connectivity index (χ1n) is 7.59. The number of hydrogen-bond donors (Lipinski definition) is 1. The molecule has 0 heterocycles. The number of benzene rings is 2. The summed E-state index contributed by atoms with van der Waals surface area (Å²) in [6.07, 6.45) is -5.51. The van der Waals surface area contributed by atoms with E-state index in [1.54, 1.807) is 0 Å². The molecule has 0 bridgehead atoms. The molecule has 0 aliphatic rings. The third kappa shape index (κ3) is 5.09. The van der Waals surface area contributed by atoms with Crippen molar-refractivity contribution in [1.82, 2.24) is 0 Å². The zero-order valence-corrected chi connectivity index (χ0v) is 14.2. The van der Waals surface area contributed by atoms with Gasteiger partial charge in [-0.1, -0.05) is 0 Å². The molecule has 7 nitrogen and oxygen atoms in total. The average Bonchev–Trinajstić information content (AvgIpc) is 2.61. The van der Waals surface area contributed by atoms with Gasteiger partial charge in [-0.15, -0.1) is 0 Å². The van der Waals surface area contributed by atoms with Crippen molar-refractivity contribution in [2.45, 2.75) is 19.2 Å². The minimum Gasteiger partial charge on any atom is -0.479 e. The first kappa shape index (κ1) is 20.0. The summed E-state index contributed by atoms with van der Waals surface area (Å²) in [6.45, 7) is 1.50. The molecule has 0 amide bonds. The lowest BCUT2D eigenvalue weighted by Crippen LogP contribution is -2.24. The Morgan fingerprint density at radius 1 is 1.19 bits per heavy atom. The van der Waals surface area contributed by atoms with Crippen LogP contribution in [0.2, 0.25) is 0 Å². The van der Waals surface area contributed by atoms with E-state index in [4.69, 9.17) is 4.74 Å². The molecule has 0 aliphatic carbocycles. The first-order valence-corrected chi connectivity index (χ1v) is 7.59. The second-order valence-corrected chi connectivity index (χ2v) is 5.42. The number of esters is 1. The minimum absolute atomic E-state index is 0.0930. The number of rotatable bonds is 6. The van der Waals surface area contributed by atoms with Crippen molar-refractivity contribution < 1.29 is 32.4 Å². The molecule has 0 spiro atoms. The van der Waals surface area contributed by atoms with Crippen LogP contribution >= 0.6 is 0 Å². The van der Waals surface area contributed by atoms with Crippen LogP contribution in [0.25, 0.3) is 0 Å². The number of nitro benzene ring substituents is 1. The van der Waals surface area contributed by atoms with Gasteiger partial charge in [0.2, 0.25) is 0 Å². The van der Waals surface area contributed by atoms with Gasteiger partial charge in [-0.05, 0) is 43.3 Å². The molecule has 0 fully saturated rings. The Kier molecular flexibility index (Phi) is 5.88. The Morgan fingerprint density at radius 3 is 2.33 bits per heavy atom. The standard InChI is InChI=1S/C17H15F3N2O5/c1-10(16(23)26-2)27-13-6-4-12(5-7-13)21-14-8-3-11(17(18,19)20)9-15(14)22(24)25/h3-10,21H,1-2H3. The Balaban J connectivity index is 2.19. The number of nitrogens with zero attached hydrogens (tertiary/aromatic N) is 1. The summed E-state index contributed by atoms with van der Waals surface area (Å²) in [6, 6.07) is 8.21. The largest absolute Gasteiger partial charge is 0.479 e. The number of anilines is 2. The number of halogens is 3. The zero-order valence-electron chi connectivity index (χ0n) is 14.2. The van der Waals surface area contributed by atoms with Gasteiger partial charge >= 0.3 is 12.1 Å². The molecule has 0 aromatic heterocycles. The Bertz CT molecular complexity index is 837. The molecule has 0 saturated carbocycles. The van der Waals surface area contributed by atoms with Crippen molar-refractivity contribution in [2.75, 3.05) is 12.4 Å². The van der Waals surface area contributed by atoms with Gasteiger partial charge in [0.25, 0.3) is 5.69 Å². The van der Waals surface area contributed by atoms with E-state index in [1.807, 2.05) is 0 Å². The molecule has 144 valence electrons. The molecule has 1 unspecified atom stereocenters. The quantitative estimate of drug-likeness (QED) is 0.454. The molecule has 2 aromatic rings. The van der Waals surface area contributed by atoms with Crippen LogP contribution in [0, 0.1) is 10.1 Å². The molecule has 2 aromatic carbocycles. The fourth-order valence-electron chi connectivity index (χ4n) is 2.16. The van der Waals surface area contributed by atoms with Gasteiger partial charge in [-0.2, -0.15) is 13.2 Å². The van der Waals surface area contributed by atoms with Crippen LogP contribution in [0.1, 0.15) is 12.5 Å².